The zero-order chi connectivity index (χ0) is 16.2. The fourth-order valence-electron chi connectivity index (χ4n) is 2.11. The average molecular weight is 370 g/mol. The minimum absolute atomic E-state index is 0.0371. The van der Waals surface area contributed by atoms with Crippen molar-refractivity contribution in [1.82, 2.24) is 9.97 Å². The minimum Gasteiger partial charge on any atom is -0.295 e. The van der Waals surface area contributed by atoms with Gasteiger partial charge in [0.15, 0.2) is 18.2 Å². The second-order valence-electron chi connectivity index (χ2n) is 4.92. The number of anilines is 1. The number of aromatic nitrogens is 3. The topological polar surface area (TPSA) is 58.8 Å². The van der Waals surface area contributed by atoms with Crippen LogP contribution in [0.15, 0.2) is 65.7 Å². The summed E-state index contributed by atoms with van der Waals surface area (Å²) in [4.78, 5) is 20.3. The van der Waals surface area contributed by atoms with E-state index in [1.54, 1.807) is 29.9 Å². The van der Waals surface area contributed by atoms with Crippen molar-refractivity contribution >= 4 is 27.5 Å². The Morgan fingerprint density at radius 2 is 1.83 bits per heavy atom. The van der Waals surface area contributed by atoms with Gasteiger partial charge in [-0.15, -0.1) is 5.43 Å². The molecule has 0 fully saturated rings. The molecule has 0 aliphatic carbocycles. The SMILES string of the molecule is CC(=O)c1ccc(-c2nc(Br)cnc2N[n+]2ccccc2)cc1. The van der Waals surface area contributed by atoms with Crippen molar-refractivity contribution in [1.29, 1.82) is 0 Å². The smallest absolute Gasteiger partial charge is 0.211 e. The lowest BCUT2D eigenvalue weighted by Gasteiger charge is -2.07. The number of nitrogens with zero attached hydrogens (tertiary/aromatic N) is 3. The molecule has 0 spiro atoms. The van der Waals surface area contributed by atoms with Crippen LogP contribution in [0.25, 0.3) is 11.3 Å². The highest BCUT2D eigenvalue weighted by atomic mass is 79.9. The van der Waals surface area contributed by atoms with E-state index in [2.05, 4.69) is 31.3 Å². The van der Waals surface area contributed by atoms with Crippen LogP contribution in [0.2, 0.25) is 0 Å². The highest BCUT2D eigenvalue weighted by Gasteiger charge is 2.13. The summed E-state index contributed by atoms with van der Waals surface area (Å²) >= 11 is 3.35. The van der Waals surface area contributed by atoms with Crippen LogP contribution in [0.4, 0.5) is 5.82 Å². The molecule has 2 aromatic heterocycles. The van der Waals surface area contributed by atoms with Crippen LogP contribution in [0, 0.1) is 0 Å². The summed E-state index contributed by atoms with van der Waals surface area (Å²) in [6.45, 7) is 1.55. The predicted octanol–water partition coefficient (Wildman–Crippen LogP) is 3.27. The van der Waals surface area contributed by atoms with Crippen molar-refractivity contribution in [3.8, 4) is 11.3 Å². The lowest BCUT2D eigenvalue weighted by Crippen LogP contribution is -2.41. The number of nitrogens with one attached hydrogen (secondary N) is 1. The molecular formula is C17H14BrN4O+. The summed E-state index contributed by atoms with van der Waals surface area (Å²) in [5.74, 6) is 0.662. The van der Waals surface area contributed by atoms with Gasteiger partial charge in [0.05, 0.1) is 6.20 Å². The van der Waals surface area contributed by atoms with E-state index in [-0.39, 0.29) is 5.78 Å². The lowest BCUT2D eigenvalue weighted by atomic mass is 10.1. The molecule has 0 bridgehead atoms. The maximum Gasteiger partial charge on any atom is 0.211 e. The van der Waals surface area contributed by atoms with Gasteiger partial charge in [-0.3, -0.25) is 4.79 Å². The molecule has 2 heterocycles. The van der Waals surface area contributed by atoms with E-state index < -0.39 is 0 Å². The summed E-state index contributed by atoms with van der Waals surface area (Å²) in [5.41, 5.74) is 5.44. The molecule has 0 amide bonds. The normalized spacial score (nSPS) is 10.3. The lowest BCUT2D eigenvalue weighted by molar-refractivity contribution is -0.643. The van der Waals surface area contributed by atoms with Crippen molar-refractivity contribution in [3.63, 3.8) is 0 Å². The van der Waals surface area contributed by atoms with E-state index in [9.17, 15) is 4.79 Å². The third-order valence-corrected chi connectivity index (χ3v) is 3.64. The molecule has 0 saturated carbocycles. The van der Waals surface area contributed by atoms with E-state index in [1.165, 1.54) is 0 Å². The molecule has 3 aromatic rings. The Bertz CT molecular complexity index is 835. The molecular weight excluding hydrogens is 356 g/mol. The van der Waals surface area contributed by atoms with Crippen molar-refractivity contribution in [2.24, 2.45) is 0 Å². The van der Waals surface area contributed by atoms with Gasteiger partial charge in [0.1, 0.15) is 10.3 Å². The number of hydrogen-bond acceptors (Lipinski definition) is 4. The molecule has 0 saturated heterocycles. The number of pyridine rings is 1. The van der Waals surface area contributed by atoms with Gasteiger partial charge >= 0.3 is 0 Å². The molecule has 0 aliphatic heterocycles. The molecule has 5 nitrogen and oxygen atoms in total. The zero-order valence-electron chi connectivity index (χ0n) is 12.4. The van der Waals surface area contributed by atoms with Crippen LogP contribution in [0.5, 0.6) is 0 Å². The molecule has 1 N–H and O–H groups in total. The highest BCUT2D eigenvalue weighted by molar-refractivity contribution is 9.10. The Labute approximate surface area is 142 Å². The Morgan fingerprint density at radius 1 is 1.13 bits per heavy atom. The minimum atomic E-state index is 0.0371. The van der Waals surface area contributed by atoms with E-state index in [0.29, 0.717) is 21.7 Å². The summed E-state index contributed by atoms with van der Waals surface area (Å²) in [7, 11) is 0. The quantitative estimate of drug-likeness (QED) is 0.566. The second-order valence-corrected chi connectivity index (χ2v) is 5.73. The fourth-order valence-corrected chi connectivity index (χ4v) is 2.39. The number of benzene rings is 1. The average Bonchev–Trinajstić information content (AvgIpc) is 2.57. The molecule has 0 atom stereocenters. The summed E-state index contributed by atoms with van der Waals surface area (Å²) in [5, 5.41) is 0. The molecule has 3 rings (SSSR count). The number of ketones is 1. The molecule has 0 unspecified atom stereocenters. The molecule has 6 heteroatoms. The highest BCUT2D eigenvalue weighted by Crippen LogP contribution is 2.25. The molecule has 1 aromatic carbocycles. The first kappa shape index (κ1) is 15.3. The van der Waals surface area contributed by atoms with Gasteiger partial charge in [-0.1, -0.05) is 35.0 Å². The first-order chi connectivity index (χ1) is 11.1. The van der Waals surface area contributed by atoms with Gasteiger partial charge in [0.25, 0.3) is 0 Å². The van der Waals surface area contributed by atoms with Crippen molar-refractivity contribution < 1.29 is 9.47 Å². The standard InChI is InChI=1S/C17H13BrN4O/c1-12(23)13-5-7-14(8-6-13)16-17(19-11-15(18)20-16)21-22-9-3-2-4-10-22/h2-11H,1H3/p+1. The van der Waals surface area contributed by atoms with Crippen LogP contribution < -0.4 is 10.1 Å². The van der Waals surface area contributed by atoms with Crippen LogP contribution in [0.3, 0.4) is 0 Å². The van der Waals surface area contributed by atoms with Crippen molar-refractivity contribution in [2.75, 3.05) is 5.43 Å². The molecule has 0 aliphatic rings. The summed E-state index contributed by atoms with van der Waals surface area (Å²) < 4.78 is 2.44. The zero-order valence-corrected chi connectivity index (χ0v) is 14.0. The Morgan fingerprint density at radius 3 is 2.48 bits per heavy atom. The van der Waals surface area contributed by atoms with E-state index in [0.717, 1.165) is 5.56 Å². The maximum absolute atomic E-state index is 11.4. The third-order valence-electron chi connectivity index (χ3n) is 3.26. The van der Waals surface area contributed by atoms with Gasteiger partial charge in [0, 0.05) is 23.3 Å². The molecule has 0 radical (unpaired) electrons. The van der Waals surface area contributed by atoms with Crippen molar-refractivity contribution in [2.45, 2.75) is 6.92 Å². The fraction of sp³-hybridized carbons (Fsp3) is 0.0588. The number of hydrogen-bond donors (Lipinski definition) is 1. The van der Waals surface area contributed by atoms with Gasteiger partial charge in [-0.05, 0) is 22.9 Å². The van der Waals surface area contributed by atoms with Gasteiger partial charge < -0.3 is 0 Å². The second kappa shape index (κ2) is 6.66. The predicted molar refractivity (Wildman–Crippen MR) is 90.8 cm³/mol. The largest absolute Gasteiger partial charge is 0.295 e. The monoisotopic (exact) mass is 369 g/mol. The first-order valence-corrected chi connectivity index (χ1v) is 7.80. The van der Waals surface area contributed by atoms with Gasteiger partial charge in [0.2, 0.25) is 5.82 Å². The van der Waals surface area contributed by atoms with Crippen LogP contribution in [-0.4, -0.2) is 15.8 Å². The van der Waals surface area contributed by atoms with Crippen molar-refractivity contribution in [3.05, 3.63) is 71.2 Å². The van der Waals surface area contributed by atoms with E-state index in [4.69, 9.17) is 0 Å². The summed E-state index contributed by atoms with van der Waals surface area (Å²) in [6.07, 6.45) is 5.40. The number of Topliss-reactive ketones (excluding diaryl/α,β-unsaturated/α-hetero) is 1. The Balaban J connectivity index is 2.00. The molecule has 23 heavy (non-hydrogen) atoms. The van der Waals surface area contributed by atoms with Gasteiger partial charge in [-0.25, -0.2) is 9.97 Å². The Kier molecular flexibility index (Phi) is 4.43. The number of halogens is 1. The molecule has 114 valence electrons. The number of rotatable bonds is 4. The Hall–Kier alpha value is -2.60. The van der Waals surface area contributed by atoms with E-state index in [1.807, 2.05) is 42.7 Å². The third kappa shape index (κ3) is 3.60. The maximum atomic E-state index is 11.4. The first-order valence-electron chi connectivity index (χ1n) is 7.01. The van der Waals surface area contributed by atoms with E-state index >= 15 is 0 Å². The van der Waals surface area contributed by atoms with Gasteiger partial charge in [-0.2, -0.15) is 0 Å². The van der Waals surface area contributed by atoms with Crippen LogP contribution >= 0.6 is 15.9 Å². The summed E-state index contributed by atoms with van der Waals surface area (Å²) in [6, 6.07) is 13.1. The van der Waals surface area contributed by atoms with Crippen LogP contribution in [-0.2, 0) is 0 Å². The number of carbonyl (C=O) groups excluding carboxylic acids is 1. The van der Waals surface area contributed by atoms with Crippen LogP contribution in [0.1, 0.15) is 17.3 Å². The number of carbonyl (C=O) groups is 1.